The van der Waals surface area contributed by atoms with Gasteiger partial charge in [0.15, 0.2) is 0 Å². The highest BCUT2D eigenvalue weighted by Gasteiger charge is 2.21. The Balaban J connectivity index is 1.11. The van der Waals surface area contributed by atoms with Crippen LogP contribution in [0.1, 0.15) is 0 Å². The zero-order chi connectivity index (χ0) is 38.2. The van der Waals surface area contributed by atoms with E-state index >= 15 is 0 Å². The number of fused-ring (bicyclic) bond motifs is 9. The van der Waals surface area contributed by atoms with Crippen molar-refractivity contribution in [1.29, 1.82) is 0 Å². The molecular weight excluding hydrogens is 705 g/mol. The average Bonchev–Trinajstić information content (AvgIpc) is 3.81. The van der Waals surface area contributed by atoms with Gasteiger partial charge in [0.05, 0.1) is 39.0 Å². The Hall–Kier alpha value is -7.82. The van der Waals surface area contributed by atoms with Gasteiger partial charge in [-0.2, -0.15) is 0 Å². The van der Waals surface area contributed by atoms with Gasteiger partial charge < -0.3 is 4.57 Å². The zero-order valence-electron chi connectivity index (χ0n) is 31.4. The van der Waals surface area contributed by atoms with E-state index in [-0.39, 0.29) is 0 Å². The van der Waals surface area contributed by atoms with Gasteiger partial charge in [0.2, 0.25) is 5.95 Å². The Morgan fingerprint density at radius 2 is 0.948 bits per heavy atom. The standard InChI is InChI=1S/C54H34N4/c1-3-15-35(16-4-1)40-20-10-13-25-47(40)57-48-26-14-11-22-42(48)43-30-27-39(34-51(43)57)38-29-31-49-45(33-38)52-41-21-8-7-17-36(41)28-32-50(52)58(49)54-55-46-24-12-9-23-44(46)53(56-54)37-18-5-2-6-19-37/h1-34H. The van der Waals surface area contributed by atoms with Crippen LogP contribution in [0.3, 0.4) is 0 Å². The van der Waals surface area contributed by atoms with Crippen molar-refractivity contribution in [2.45, 2.75) is 0 Å². The summed E-state index contributed by atoms with van der Waals surface area (Å²) < 4.78 is 4.69. The van der Waals surface area contributed by atoms with E-state index in [1.54, 1.807) is 0 Å². The average molecular weight is 739 g/mol. The smallest absolute Gasteiger partial charge is 0.235 e. The fourth-order valence-electron chi connectivity index (χ4n) is 9.11. The number of hydrogen-bond donors (Lipinski definition) is 0. The first kappa shape index (κ1) is 32.4. The predicted molar refractivity (Wildman–Crippen MR) is 242 cm³/mol. The third kappa shape index (κ3) is 4.95. The van der Waals surface area contributed by atoms with Crippen LogP contribution in [-0.2, 0) is 0 Å². The van der Waals surface area contributed by atoms with E-state index in [0.717, 1.165) is 55.4 Å². The summed E-state index contributed by atoms with van der Waals surface area (Å²) in [6.07, 6.45) is 0. The molecule has 0 saturated carbocycles. The first-order valence-corrected chi connectivity index (χ1v) is 19.8. The van der Waals surface area contributed by atoms with Crippen molar-refractivity contribution in [3.8, 4) is 45.1 Å². The highest BCUT2D eigenvalue weighted by molar-refractivity contribution is 6.22. The van der Waals surface area contributed by atoms with Gasteiger partial charge in [0.1, 0.15) is 0 Å². The van der Waals surface area contributed by atoms with Gasteiger partial charge in [-0.05, 0) is 69.9 Å². The van der Waals surface area contributed by atoms with Crippen LogP contribution in [0.2, 0.25) is 0 Å². The first-order valence-electron chi connectivity index (χ1n) is 19.8. The van der Waals surface area contributed by atoms with Crippen LogP contribution in [0.15, 0.2) is 206 Å². The van der Waals surface area contributed by atoms with Crippen LogP contribution in [0.4, 0.5) is 0 Å². The molecule has 58 heavy (non-hydrogen) atoms. The molecular formula is C54H34N4. The highest BCUT2D eigenvalue weighted by atomic mass is 15.2. The van der Waals surface area contributed by atoms with E-state index in [1.807, 2.05) is 6.07 Å². The molecule has 9 aromatic carbocycles. The summed E-state index contributed by atoms with van der Waals surface area (Å²) in [5, 5.41) is 8.27. The Morgan fingerprint density at radius 1 is 0.328 bits per heavy atom. The summed E-state index contributed by atoms with van der Waals surface area (Å²) in [7, 11) is 0. The predicted octanol–water partition coefficient (Wildman–Crippen LogP) is 14.0. The lowest BCUT2D eigenvalue weighted by Crippen LogP contribution is -2.03. The Labute approximate surface area is 334 Å². The van der Waals surface area contributed by atoms with E-state index in [1.165, 1.54) is 49.1 Å². The molecule has 0 fully saturated rings. The molecule has 4 heteroatoms. The quantitative estimate of drug-likeness (QED) is 0.176. The number of para-hydroxylation sites is 3. The molecule has 0 aliphatic carbocycles. The van der Waals surface area contributed by atoms with E-state index in [9.17, 15) is 0 Å². The minimum Gasteiger partial charge on any atom is -0.309 e. The van der Waals surface area contributed by atoms with E-state index in [4.69, 9.17) is 9.97 Å². The summed E-state index contributed by atoms with van der Waals surface area (Å²) in [4.78, 5) is 10.6. The van der Waals surface area contributed by atoms with Crippen molar-refractivity contribution in [2.75, 3.05) is 0 Å². The second kappa shape index (κ2) is 12.9. The molecule has 0 amide bonds. The van der Waals surface area contributed by atoms with Crippen LogP contribution in [0.5, 0.6) is 0 Å². The lowest BCUT2D eigenvalue weighted by Gasteiger charge is -2.14. The van der Waals surface area contributed by atoms with Crippen molar-refractivity contribution in [1.82, 2.24) is 19.1 Å². The first-order chi connectivity index (χ1) is 28.8. The van der Waals surface area contributed by atoms with Gasteiger partial charge in [-0.1, -0.05) is 164 Å². The van der Waals surface area contributed by atoms with Gasteiger partial charge in [-0.25, -0.2) is 9.97 Å². The lowest BCUT2D eigenvalue weighted by molar-refractivity contribution is 1.01. The van der Waals surface area contributed by atoms with Crippen molar-refractivity contribution in [2.24, 2.45) is 0 Å². The van der Waals surface area contributed by atoms with Gasteiger partial charge in [-0.15, -0.1) is 0 Å². The molecule has 12 aromatic rings. The molecule has 3 aromatic heterocycles. The molecule has 12 rings (SSSR count). The summed E-state index contributed by atoms with van der Waals surface area (Å²) in [6, 6.07) is 73.9. The topological polar surface area (TPSA) is 35.6 Å². The third-order valence-corrected chi connectivity index (χ3v) is 11.7. The molecule has 0 spiro atoms. The zero-order valence-corrected chi connectivity index (χ0v) is 31.4. The molecule has 270 valence electrons. The maximum Gasteiger partial charge on any atom is 0.235 e. The maximum atomic E-state index is 5.35. The minimum atomic E-state index is 0.656. The summed E-state index contributed by atoms with van der Waals surface area (Å²) in [5.74, 6) is 0.656. The van der Waals surface area contributed by atoms with Crippen molar-refractivity contribution in [3.05, 3.63) is 206 Å². The number of nitrogens with zero attached hydrogens (tertiary/aromatic N) is 4. The van der Waals surface area contributed by atoms with Crippen LogP contribution < -0.4 is 0 Å². The van der Waals surface area contributed by atoms with Crippen molar-refractivity contribution in [3.63, 3.8) is 0 Å². The molecule has 0 aliphatic rings. The highest BCUT2D eigenvalue weighted by Crippen LogP contribution is 2.41. The summed E-state index contributed by atoms with van der Waals surface area (Å²) in [6.45, 7) is 0. The summed E-state index contributed by atoms with van der Waals surface area (Å²) >= 11 is 0. The SMILES string of the molecule is c1ccc(-c2ccccc2-n2c3ccccc3c3ccc(-c4ccc5c(c4)c4c6ccccc6ccc4n5-c4nc(-c5ccccc5)c5ccccc5n4)cc32)cc1. The number of aromatic nitrogens is 4. The normalized spacial score (nSPS) is 11.8. The van der Waals surface area contributed by atoms with E-state index < -0.39 is 0 Å². The summed E-state index contributed by atoms with van der Waals surface area (Å²) in [5.41, 5.74) is 13.3. The third-order valence-electron chi connectivity index (χ3n) is 11.7. The molecule has 0 N–H and O–H groups in total. The molecule has 0 radical (unpaired) electrons. The molecule has 3 heterocycles. The van der Waals surface area contributed by atoms with E-state index in [2.05, 4.69) is 209 Å². The fourth-order valence-corrected chi connectivity index (χ4v) is 9.11. The minimum absolute atomic E-state index is 0.656. The van der Waals surface area contributed by atoms with Crippen LogP contribution in [0.25, 0.3) is 110 Å². The van der Waals surface area contributed by atoms with Gasteiger partial charge >= 0.3 is 0 Å². The Morgan fingerprint density at radius 3 is 1.81 bits per heavy atom. The molecule has 0 saturated heterocycles. The lowest BCUT2D eigenvalue weighted by atomic mass is 9.99. The number of hydrogen-bond acceptors (Lipinski definition) is 2. The maximum absolute atomic E-state index is 5.35. The van der Waals surface area contributed by atoms with E-state index in [0.29, 0.717) is 5.95 Å². The molecule has 0 bridgehead atoms. The van der Waals surface area contributed by atoms with Crippen molar-refractivity contribution < 1.29 is 0 Å². The van der Waals surface area contributed by atoms with Crippen molar-refractivity contribution >= 4 is 65.3 Å². The molecule has 0 unspecified atom stereocenters. The van der Waals surface area contributed by atoms with Crippen LogP contribution >= 0.6 is 0 Å². The van der Waals surface area contributed by atoms with Gasteiger partial charge in [0.25, 0.3) is 0 Å². The van der Waals surface area contributed by atoms with Gasteiger partial charge in [-0.3, -0.25) is 4.57 Å². The van der Waals surface area contributed by atoms with Crippen LogP contribution in [0, 0.1) is 0 Å². The molecule has 0 aliphatic heterocycles. The molecule has 4 nitrogen and oxygen atoms in total. The largest absolute Gasteiger partial charge is 0.309 e. The van der Waals surface area contributed by atoms with Gasteiger partial charge in [0, 0.05) is 38.1 Å². The second-order valence-corrected chi connectivity index (χ2v) is 15.0. The fraction of sp³-hybridized carbons (Fsp3) is 0. The Bertz CT molecular complexity index is 3560. The second-order valence-electron chi connectivity index (χ2n) is 15.0. The van der Waals surface area contributed by atoms with Crippen LogP contribution in [-0.4, -0.2) is 19.1 Å². The number of rotatable bonds is 5. The molecule has 0 atom stereocenters. The number of benzene rings is 9. The monoisotopic (exact) mass is 738 g/mol. The Kier molecular flexibility index (Phi) is 7.20.